The molecule has 0 amide bonds. The number of aliphatic hydroxyl groups is 2. The van der Waals surface area contributed by atoms with E-state index >= 15 is 0 Å². The monoisotopic (exact) mass is 330 g/mol. The van der Waals surface area contributed by atoms with Crippen LogP contribution in [0.25, 0.3) is 0 Å². The van der Waals surface area contributed by atoms with Gasteiger partial charge in [0, 0.05) is 6.42 Å². The molecule has 0 radical (unpaired) electrons. The lowest BCUT2D eigenvalue weighted by molar-refractivity contribution is -0.172. The summed E-state index contributed by atoms with van der Waals surface area (Å²) in [7, 11) is 0. The minimum Gasteiger partial charge on any atom is -0.508 e. The maximum Gasteiger partial charge on any atom is 0.115 e. The zero-order valence-corrected chi connectivity index (χ0v) is 13.2. The van der Waals surface area contributed by atoms with Crippen molar-refractivity contribution in [1.29, 1.82) is 0 Å². The van der Waals surface area contributed by atoms with Gasteiger partial charge in [-0.15, -0.1) is 0 Å². The molecule has 4 atom stereocenters. The number of aliphatic hydroxyl groups excluding tert-OH is 2. The van der Waals surface area contributed by atoms with E-state index in [-0.39, 0.29) is 17.6 Å². The van der Waals surface area contributed by atoms with Crippen molar-refractivity contribution in [2.24, 2.45) is 0 Å². The quantitative estimate of drug-likeness (QED) is 0.690. The van der Waals surface area contributed by atoms with Crippen molar-refractivity contribution in [3.63, 3.8) is 0 Å². The van der Waals surface area contributed by atoms with E-state index in [1.54, 1.807) is 24.3 Å². The van der Waals surface area contributed by atoms with Gasteiger partial charge in [-0.25, -0.2) is 0 Å². The van der Waals surface area contributed by atoms with Crippen molar-refractivity contribution in [1.82, 2.24) is 0 Å². The molecule has 1 saturated heterocycles. The molecule has 2 aromatic rings. The Morgan fingerprint density at radius 3 is 2.08 bits per heavy atom. The van der Waals surface area contributed by atoms with Crippen LogP contribution in [0.3, 0.4) is 0 Å². The first-order chi connectivity index (χ1) is 11.5. The first-order valence-corrected chi connectivity index (χ1v) is 8.11. The van der Waals surface area contributed by atoms with Crippen molar-refractivity contribution in [3.05, 3.63) is 59.7 Å². The summed E-state index contributed by atoms with van der Waals surface area (Å²) < 4.78 is 6.00. The summed E-state index contributed by atoms with van der Waals surface area (Å²) >= 11 is 0. The van der Waals surface area contributed by atoms with Crippen molar-refractivity contribution in [2.45, 2.75) is 43.7 Å². The molecule has 1 heterocycles. The lowest BCUT2D eigenvalue weighted by Crippen LogP contribution is -2.43. The van der Waals surface area contributed by atoms with Gasteiger partial charge in [0.25, 0.3) is 0 Å². The normalized spacial score (nSPS) is 27.1. The van der Waals surface area contributed by atoms with Gasteiger partial charge in [0.15, 0.2) is 0 Å². The maximum absolute atomic E-state index is 10.2. The third kappa shape index (κ3) is 3.87. The number of hydrogen-bond acceptors (Lipinski definition) is 5. The van der Waals surface area contributed by atoms with Crippen molar-refractivity contribution in [2.75, 3.05) is 0 Å². The van der Waals surface area contributed by atoms with Gasteiger partial charge < -0.3 is 25.2 Å². The van der Waals surface area contributed by atoms with Crippen LogP contribution < -0.4 is 0 Å². The van der Waals surface area contributed by atoms with Crippen molar-refractivity contribution < 1.29 is 25.2 Å². The Kier molecular flexibility index (Phi) is 5.04. The van der Waals surface area contributed by atoms with E-state index in [1.807, 2.05) is 12.1 Å². The van der Waals surface area contributed by atoms with Crippen LogP contribution in [0.2, 0.25) is 0 Å². The highest BCUT2D eigenvalue weighted by atomic mass is 16.5. The van der Waals surface area contributed by atoms with Crippen LogP contribution in [0.15, 0.2) is 48.5 Å². The van der Waals surface area contributed by atoms with Gasteiger partial charge in [-0.1, -0.05) is 24.3 Å². The van der Waals surface area contributed by atoms with E-state index in [1.165, 1.54) is 12.1 Å². The van der Waals surface area contributed by atoms with E-state index < -0.39 is 18.3 Å². The summed E-state index contributed by atoms with van der Waals surface area (Å²) in [6, 6.07) is 13.5. The molecule has 0 aromatic heterocycles. The zero-order chi connectivity index (χ0) is 17.1. The standard InChI is InChI=1S/C19H22O5/c20-14-6-1-12(2-7-14)3-10-16-11-17(22)18(23)19(24-16)13-4-8-15(21)9-5-13/h1-2,4-9,16-23H,3,10-11H2/t16-,17?,18?,19+/m0/s1. The smallest absolute Gasteiger partial charge is 0.115 e. The molecule has 1 aliphatic rings. The van der Waals surface area contributed by atoms with Crippen molar-refractivity contribution >= 4 is 0 Å². The zero-order valence-electron chi connectivity index (χ0n) is 13.2. The maximum atomic E-state index is 10.2. The molecule has 5 nitrogen and oxygen atoms in total. The van der Waals surface area contributed by atoms with Gasteiger partial charge in [-0.05, 0) is 48.2 Å². The third-order valence-corrected chi connectivity index (χ3v) is 4.46. The van der Waals surface area contributed by atoms with E-state index in [4.69, 9.17) is 4.74 Å². The molecule has 24 heavy (non-hydrogen) atoms. The third-order valence-electron chi connectivity index (χ3n) is 4.46. The highest BCUT2D eigenvalue weighted by Gasteiger charge is 2.37. The number of phenolic OH excluding ortho intramolecular Hbond substituents is 2. The fourth-order valence-electron chi connectivity index (χ4n) is 3.07. The summed E-state index contributed by atoms with van der Waals surface area (Å²) in [4.78, 5) is 0. The SMILES string of the molecule is Oc1ccc(CC[C@H]2CC(O)C(O)[C@@H](c3ccc(O)cc3)O2)cc1. The van der Waals surface area contributed by atoms with E-state index in [0.717, 1.165) is 17.5 Å². The summed E-state index contributed by atoms with van der Waals surface area (Å²) in [5.74, 6) is 0.382. The van der Waals surface area contributed by atoms with Crippen LogP contribution in [-0.2, 0) is 11.2 Å². The van der Waals surface area contributed by atoms with Crippen LogP contribution >= 0.6 is 0 Å². The van der Waals surface area contributed by atoms with Gasteiger partial charge in [-0.3, -0.25) is 0 Å². The number of hydrogen-bond donors (Lipinski definition) is 4. The van der Waals surface area contributed by atoms with Gasteiger partial charge in [0.1, 0.15) is 23.7 Å². The molecule has 2 unspecified atom stereocenters. The molecule has 0 saturated carbocycles. The molecule has 128 valence electrons. The van der Waals surface area contributed by atoms with Crippen molar-refractivity contribution in [3.8, 4) is 11.5 Å². The molecule has 0 spiro atoms. The van der Waals surface area contributed by atoms with Crippen LogP contribution in [0, 0.1) is 0 Å². The van der Waals surface area contributed by atoms with E-state index in [2.05, 4.69) is 0 Å². The molecular formula is C19H22O5. The Labute approximate surface area is 140 Å². The first kappa shape index (κ1) is 16.8. The van der Waals surface area contributed by atoms with E-state index in [0.29, 0.717) is 12.8 Å². The number of aryl methyl sites for hydroxylation is 1. The minimum atomic E-state index is -0.987. The molecule has 1 fully saturated rings. The number of benzene rings is 2. The second kappa shape index (κ2) is 7.21. The Morgan fingerprint density at radius 2 is 1.46 bits per heavy atom. The molecule has 2 aromatic carbocycles. The highest BCUT2D eigenvalue weighted by molar-refractivity contribution is 5.29. The second-order valence-corrected chi connectivity index (χ2v) is 6.27. The Bertz CT molecular complexity index is 652. The molecule has 3 rings (SSSR count). The largest absolute Gasteiger partial charge is 0.508 e. The van der Waals surface area contributed by atoms with Crippen LogP contribution in [0.4, 0.5) is 0 Å². The number of ether oxygens (including phenoxy) is 1. The average molecular weight is 330 g/mol. The van der Waals surface area contributed by atoms with Crippen LogP contribution in [-0.4, -0.2) is 38.7 Å². The molecule has 0 aliphatic carbocycles. The second-order valence-electron chi connectivity index (χ2n) is 6.27. The molecular weight excluding hydrogens is 308 g/mol. The fraction of sp³-hybridized carbons (Fsp3) is 0.368. The lowest BCUT2D eigenvalue weighted by atomic mass is 9.91. The number of aromatic hydroxyl groups is 2. The topological polar surface area (TPSA) is 90.2 Å². The Morgan fingerprint density at radius 1 is 0.875 bits per heavy atom. The minimum absolute atomic E-state index is 0.147. The molecule has 4 N–H and O–H groups in total. The number of phenols is 2. The average Bonchev–Trinajstić information content (AvgIpc) is 2.58. The summed E-state index contributed by atoms with van der Waals surface area (Å²) in [5, 5.41) is 39.1. The van der Waals surface area contributed by atoms with Gasteiger partial charge in [0.05, 0.1) is 12.2 Å². The predicted octanol–water partition coefficient (Wildman–Crippen LogP) is 2.28. The van der Waals surface area contributed by atoms with Crippen LogP contribution in [0.5, 0.6) is 11.5 Å². The molecule has 5 heteroatoms. The number of rotatable bonds is 4. The molecule has 1 aliphatic heterocycles. The Balaban J connectivity index is 1.66. The summed E-state index contributed by atoms with van der Waals surface area (Å²) in [6.45, 7) is 0. The van der Waals surface area contributed by atoms with Crippen LogP contribution in [0.1, 0.15) is 30.1 Å². The highest BCUT2D eigenvalue weighted by Crippen LogP contribution is 2.34. The van der Waals surface area contributed by atoms with Gasteiger partial charge >= 0.3 is 0 Å². The lowest BCUT2D eigenvalue weighted by Gasteiger charge is -2.37. The van der Waals surface area contributed by atoms with Gasteiger partial charge in [0.2, 0.25) is 0 Å². The summed E-state index contributed by atoms with van der Waals surface area (Å²) in [6.07, 6.45) is -0.760. The van der Waals surface area contributed by atoms with E-state index in [9.17, 15) is 20.4 Å². The first-order valence-electron chi connectivity index (χ1n) is 8.11. The predicted molar refractivity (Wildman–Crippen MR) is 88.8 cm³/mol. The Hall–Kier alpha value is -2.08. The fourth-order valence-corrected chi connectivity index (χ4v) is 3.07. The molecule has 0 bridgehead atoms. The van der Waals surface area contributed by atoms with Gasteiger partial charge in [-0.2, -0.15) is 0 Å². The summed E-state index contributed by atoms with van der Waals surface area (Å²) in [5.41, 5.74) is 1.81.